The number of rotatable bonds is 5. The maximum absolute atomic E-state index is 12.3. The van der Waals surface area contributed by atoms with Crippen molar-refractivity contribution in [3.05, 3.63) is 58.1 Å². The Bertz CT molecular complexity index is 802. The molecule has 0 spiro atoms. The third-order valence-electron chi connectivity index (χ3n) is 6.23. The normalized spacial score (nSPS) is 26.4. The molecule has 5 heteroatoms. The lowest BCUT2D eigenvalue weighted by molar-refractivity contribution is -0.0755. The van der Waals surface area contributed by atoms with Gasteiger partial charge in [-0.25, -0.2) is 0 Å². The summed E-state index contributed by atoms with van der Waals surface area (Å²) in [5.41, 5.74) is 0.528. The van der Waals surface area contributed by atoms with Crippen molar-refractivity contribution in [2.45, 2.75) is 30.9 Å². The second-order valence-electron chi connectivity index (χ2n) is 7.57. The van der Waals surface area contributed by atoms with Gasteiger partial charge in [-0.2, -0.15) is 0 Å². The number of ether oxygens (including phenoxy) is 2. The van der Waals surface area contributed by atoms with Gasteiger partial charge in [0.25, 0.3) is 0 Å². The highest BCUT2D eigenvalue weighted by Crippen LogP contribution is 2.47. The number of hydrogen-bond donors (Lipinski definition) is 1. The van der Waals surface area contributed by atoms with Gasteiger partial charge >= 0.3 is 0 Å². The number of methoxy groups -OCH3 is 2. The fraction of sp³-hybridized carbons (Fsp3) is 0.455. The molecule has 2 atom stereocenters. The van der Waals surface area contributed by atoms with Crippen molar-refractivity contribution in [3.8, 4) is 11.5 Å². The van der Waals surface area contributed by atoms with Crippen LogP contribution in [0, 0.1) is 5.92 Å². The predicted molar refractivity (Wildman–Crippen MR) is 109 cm³/mol. The average Bonchev–Trinajstić information content (AvgIpc) is 2.74. The molecule has 1 unspecified atom stereocenters. The Balaban J connectivity index is 1.88. The Hall–Kier alpha value is -1.56. The van der Waals surface area contributed by atoms with E-state index in [1.54, 1.807) is 14.2 Å². The summed E-state index contributed by atoms with van der Waals surface area (Å²) in [7, 11) is 3.32. The van der Waals surface area contributed by atoms with Gasteiger partial charge in [-0.3, -0.25) is 4.90 Å². The average molecular weight is 432 g/mol. The summed E-state index contributed by atoms with van der Waals surface area (Å²) in [5, 5.41) is 12.3. The summed E-state index contributed by atoms with van der Waals surface area (Å²) >= 11 is 3.58. The first kappa shape index (κ1) is 18.8. The second-order valence-corrected chi connectivity index (χ2v) is 8.49. The van der Waals surface area contributed by atoms with Gasteiger partial charge < -0.3 is 14.6 Å². The van der Waals surface area contributed by atoms with E-state index >= 15 is 0 Å². The van der Waals surface area contributed by atoms with Crippen molar-refractivity contribution < 1.29 is 14.6 Å². The van der Waals surface area contributed by atoms with Gasteiger partial charge in [-0.15, -0.1) is 0 Å². The number of benzene rings is 2. The van der Waals surface area contributed by atoms with Crippen LogP contribution >= 0.6 is 15.9 Å². The number of halogens is 1. The number of fused-ring (bicyclic) bond motifs is 3. The maximum Gasteiger partial charge on any atom is 0.134 e. The Labute approximate surface area is 169 Å². The summed E-state index contributed by atoms with van der Waals surface area (Å²) in [4.78, 5) is 2.45. The largest absolute Gasteiger partial charge is 0.497 e. The van der Waals surface area contributed by atoms with Gasteiger partial charge in [0, 0.05) is 16.1 Å². The van der Waals surface area contributed by atoms with Crippen LogP contribution in [0.25, 0.3) is 0 Å². The molecule has 3 aliphatic heterocycles. The van der Waals surface area contributed by atoms with Crippen molar-refractivity contribution in [1.29, 1.82) is 0 Å². The van der Waals surface area contributed by atoms with Crippen LogP contribution < -0.4 is 9.47 Å². The molecule has 2 aromatic rings. The van der Waals surface area contributed by atoms with Crippen LogP contribution in [0.15, 0.2) is 46.9 Å². The van der Waals surface area contributed by atoms with E-state index in [-0.39, 0.29) is 6.04 Å². The van der Waals surface area contributed by atoms with E-state index in [4.69, 9.17) is 9.47 Å². The van der Waals surface area contributed by atoms with Crippen LogP contribution in [-0.2, 0) is 5.60 Å². The van der Waals surface area contributed by atoms with Gasteiger partial charge in [0.05, 0.1) is 14.2 Å². The fourth-order valence-corrected chi connectivity index (χ4v) is 5.11. The first-order chi connectivity index (χ1) is 13.1. The smallest absolute Gasteiger partial charge is 0.134 e. The third-order valence-corrected chi connectivity index (χ3v) is 6.72. The molecule has 3 saturated heterocycles. The topological polar surface area (TPSA) is 41.9 Å². The number of piperidine rings is 3. The van der Waals surface area contributed by atoms with Crippen molar-refractivity contribution in [2.75, 3.05) is 27.3 Å². The molecular weight excluding hydrogens is 406 g/mol. The van der Waals surface area contributed by atoms with E-state index in [0.29, 0.717) is 11.7 Å². The van der Waals surface area contributed by atoms with E-state index in [1.165, 1.54) is 12.8 Å². The molecule has 0 aliphatic carbocycles. The second kappa shape index (κ2) is 7.46. The number of nitrogens with zero attached hydrogens (tertiary/aromatic N) is 1. The van der Waals surface area contributed by atoms with Gasteiger partial charge in [-0.05, 0) is 74.2 Å². The van der Waals surface area contributed by atoms with Crippen molar-refractivity contribution >= 4 is 15.9 Å². The standard InChI is InChI=1S/C22H26BrNO3/c1-26-18-6-3-16(4-7-18)22(25,19-14-17(23)5-8-20(19)27-2)21-13-15-9-11-24(21)12-10-15/h3-8,14-15,21,25H,9-13H2,1-2H3/t21?,22-/m0/s1. The minimum atomic E-state index is -1.15. The highest BCUT2D eigenvalue weighted by molar-refractivity contribution is 9.10. The summed E-state index contributed by atoms with van der Waals surface area (Å²) < 4.78 is 11.9. The van der Waals surface area contributed by atoms with Crippen LogP contribution in [0.5, 0.6) is 11.5 Å². The summed E-state index contributed by atoms with van der Waals surface area (Å²) in [5.74, 6) is 2.18. The molecule has 3 aliphatic rings. The zero-order chi connectivity index (χ0) is 19.0. The van der Waals surface area contributed by atoms with E-state index in [2.05, 4.69) is 20.8 Å². The monoisotopic (exact) mass is 431 g/mol. The molecule has 1 N–H and O–H groups in total. The molecule has 0 saturated carbocycles. The molecule has 3 heterocycles. The lowest BCUT2D eigenvalue weighted by Gasteiger charge is -2.52. The highest BCUT2D eigenvalue weighted by Gasteiger charge is 2.49. The van der Waals surface area contributed by atoms with Crippen molar-refractivity contribution in [3.63, 3.8) is 0 Å². The molecule has 27 heavy (non-hydrogen) atoms. The summed E-state index contributed by atoms with van der Waals surface area (Å²) in [6.45, 7) is 2.09. The first-order valence-electron chi connectivity index (χ1n) is 9.51. The lowest BCUT2D eigenvalue weighted by atomic mass is 9.70. The summed E-state index contributed by atoms with van der Waals surface area (Å²) in [6, 6.07) is 13.7. The van der Waals surface area contributed by atoms with Gasteiger partial charge in [0.15, 0.2) is 0 Å². The lowest BCUT2D eigenvalue weighted by Crippen LogP contribution is -2.58. The SMILES string of the molecule is COc1ccc([C@](O)(c2cc(Br)ccc2OC)C2CC3CCN2CC3)cc1. The molecule has 5 rings (SSSR count). The molecule has 144 valence electrons. The highest BCUT2D eigenvalue weighted by atomic mass is 79.9. The van der Waals surface area contributed by atoms with Gasteiger partial charge in [0.1, 0.15) is 17.1 Å². The van der Waals surface area contributed by atoms with Gasteiger partial charge in [-0.1, -0.05) is 28.1 Å². The zero-order valence-electron chi connectivity index (χ0n) is 15.8. The van der Waals surface area contributed by atoms with Crippen LogP contribution in [0.3, 0.4) is 0 Å². The predicted octanol–water partition coefficient (Wildman–Crippen LogP) is 4.19. The van der Waals surface area contributed by atoms with Crippen LogP contribution in [-0.4, -0.2) is 43.4 Å². The molecule has 4 nitrogen and oxygen atoms in total. The molecule has 3 fully saturated rings. The third kappa shape index (κ3) is 3.26. The van der Waals surface area contributed by atoms with E-state index in [0.717, 1.165) is 40.9 Å². The molecule has 2 aromatic carbocycles. The van der Waals surface area contributed by atoms with E-state index in [9.17, 15) is 5.11 Å². The molecule has 0 amide bonds. The Morgan fingerprint density at radius 2 is 1.74 bits per heavy atom. The maximum atomic E-state index is 12.3. The number of aliphatic hydroxyl groups is 1. The quantitative estimate of drug-likeness (QED) is 0.770. The summed E-state index contributed by atoms with van der Waals surface area (Å²) in [6.07, 6.45) is 3.45. The van der Waals surface area contributed by atoms with Crippen LogP contribution in [0.2, 0.25) is 0 Å². The Morgan fingerprint density at radius 1 is 1.04 bits per heavy atom. The van der Waals surface area contributed by atoms with Crippen molar-refractivity contribution in [2.24, 2.45) is 5.92 Å². The molecule has 0 radical (unpaired) electrons. The Morgan fingerprint density at radius 3 is 2.30 bits per heavy atom. The zero-order valence-corrected chi connectivity index (χ0v) is 17.4. The fourth-order valence-electron chi connectivity index (χ4n) is 4.75. The van der Waals surface area contributed by atoms with Crippen molar-refractivity contribution in [1.82, 2.24) is 4.90 Å². The minimum Gasteiger partial charge on any atom is -0.497 e. The molecule has 2 bridgehead atoms. The minimum absolute atomic E-state index is 0.0293. The van der Waals surface area contributed by atoms with Crippen LogP contribution in [0.4, 0.5) is 0 Å². The van der Waals surface area contributed by atoms with E-state index in [1.807, 2.05) is 42.5 Å². The van der Waals surface area contributed by atoms with Gasteiger partial charge in [0.2, 0.25) is 0 Å². The first-order valence-corrected chi connectivity index (χ1v) is 10.3. The number of hydrogen-bond acceptors (Lipinski definition) is 4. The van der Waals surface area contributed by atoms with Crippen LogP contribution in [0.1, 0.15) is 30.4 Å². The van der Waals surface area contributed by atoms with E-state index < -0.39 is 5.60 Å². The molecular formula is C22H26BrNO3. The Kier molecular flexibility index (Phi) is 5.19. The molecule has 0 aromatic heterocycles.